The van der Waals surface area contributed by atoms with E-state index in [-0.39, 0.29) is 24.1 Å². The fraction of sp³-hybridized carbons (Fsp3) is 0.576. The second kappa shape index (κ2) is 11.8. The molecule has 0 aliphatic heterocycles. The van der Waals surface area contributed by atoms with E-state index in [9.17, 15) is 9.59 Å². The summed E-state index contributed by atoms with van der Waals surface area (Å²) in [7, 11) is 0. The van der Waals surface area contributed by atoms with Gasteiger partial charge in [0.05, 0.1) is 0 Å². The average molecular weight is 503 g/mol. The molecule has 2 saturated carbocycles. The van der Waals surface area contributed by atoms with Gasteiger partial charge in [-0.2, -0.15) is 0 Å². The van der Waals surface area contributed by atoms with Crippen LogP contribution in [0.4, 0.5) is 0 Å². The zero-order chi connectivity index (χ0) is 25.7. The summed E-state index contributed by atoms with van der Waals surface area (Å²) in [5.74, 6) is -1.13. The van der Waals surface area contributed by atoms with Crippen LogP contribution >= 0.6 is 0 Å². The SMILES string of the molecule is CCCCCC(C(=O)OC1CCCCC1)(C(=O)OC1CCCCC1)C1c2ccccc2-c2ccccc21. The van der Waals surface area contributed by atoms with Gasteiger partial charge in [0.25, 0.3) is 0 Å². The third-order valence-electron chi connectivity index (χ3n) is 8.88. The molecule has 3 aliphatic rings. The molecule has 0 unspecified atom stereocenters. The summed E-state index contributed by atoms with van der Waals surface area (Å²) in [6.07, 6.45) is 13.2. The largest absolute Gasteiger partial charge is 0.462 e. The van der Waals surface area contributed by atoms with E-state index >= 15 is 0 Å². The third kappa shape index (κ3) is 5.22. The van der Waals surface area contributed by atoms with Gasteiger partial charge in [0.1, 0.15) is 12.2 Å². The Morgan fingerprint density at radius 1 is 0.703 bits per heavy atom. The molecule has 2 fully saturated rings. The van der Waals surface area contributed by atoms with Gasteiger partial charge in [-0.1, -0.05) is 87.6 Å². The fourth-order valence-corrected chi connectivity index (χ4v) is 6.89. The molecule has 4 heteroatoms. The highest BCUT2D eigenvalue weighted by atomic mass is 16.6. The van der Waals surface area contributed by atoms with Crippen LogP contribution in [0.1, 0.15) is 114 Å². The number of esters is 2. The minimum atomic E-state index is -1.38. The van der Waals surface area contributed by atoms with E-state index in [1.807, 2.05) is 24.3 Å². The van der Waals surface area contributed by atoms with Gasteiger partial charge in [0, 0.05) is 5.92 Å². The number of unbranched alkanes of at least 4 members (excludes halogenated alkanes) is 2. The van der Waals surface area contributed by atoms with Gasteiger partial charge in [0.15, 0.2) is 5.41 Å². The van der Waals surface area contributed by atoms with Gasteiger partial charge < -0.3 is 9.47 Å². The van der Waals surface area contributed by atoms with Crippen molar-refractivity contribution in [3.8, 4) is 11.1 Å². The highest BCUT2D eigenvalue weighted by molar-refractivity contribution is 6.03. The molecule has 0 radical (unpaired) electrons. The van der Waals surface area contributed by atoms with Crippen LogP contribution in [0.25, 0.3) is 11.1 Å². The highest BCUT2D eigenvalue weighted by Crippen LogP contribution is 2.56. The Kier molecular flexibility index (Phi) is 8.32. The lowest BCUT2D eigenvalue weighted by Crippen LogP contribution is -2.49. The topological polar surface area (TPSA) is 52.6 Å². The molecule has 2 aromatic carbocycles. The zero-order valence-electron chi connectivity index (χ0n) is 22.4. The van der Waals surface area contributed by atoms with Crippen molar-refractivity contribution in [2.75, 3.05) is 0 Å². The van der Waals surface area contributed by atoms with E-state index in [0.29, 0.717) is 6.42 Å². The van der Waals surface area contributed by atoms with Crippen molar-refractivity contribution in [2.24, 2.45) is 5.41 Å². The first-order valence-electron chi connectivity index (χ1n) is 14.8. The first-order chi connectivity index (χ1) is 18.1. The minimum absolute atomic E-state index is 0.110. The number of ether oxygens (including phenoxy) is 2. The molecule has 0 bridgehead atoms. The van der Waals surface area contributed by atoms with Crippen molar-refractivity contribution in [1.29, 1.82) is 0 Å². The van der Waals surface area contributed by atoms with Crippen LogP contribution in [0, 0.1) is 5.41 Å². The Balaban J connectivity index is 1.61. The summed E-state index contributed by atoms with van der Waals surface area (Å²) in [6.45, 7) is 2.16. The van der Waals surface area contributed by atoms with Crippen LogP contribution in [0.3, 0.4) is 0 Å². The number of rotatable bonds is 9. The standard InChI is InChI=1S/C33H42O4/c1-2-3-14-23-33(31(34)36-24-15-6-4-7-16-24,32(35)37-25-17-8-5-9-18-25)30-28-21-12-10-19-26(28)27-20-11-13-22-29(27)30/h10-13,19-22,24-25,30H,2-9,14-18,23H2,1H3. The molecule has 3 aliphatic carbocycles. The molecule has 0 amide bonds. The molecule has 4 nitrogen and oxygen atoms in total. The summed E-state index contributed by atoms with van der Waals surface area (Å²) in [4.78, 5) is 29.0. The van der Waals surface area contributed by atoms with Crippen LogP contribution in [0.5, 0.6) is 0 Å². The zero-order valence-corrected chi connectivity index (χ0v) is 22.4. The van der Waals surface area contributed by atoms with Crippen molar-refractivity contribution in [3.05, 3.63) is 59.7 Å². The second-order valence-corrected chi connectivity index (χ2v) is 11.4. The fourth-order valence-electron chi connectivity index (χ4n) is 6.89. The molecule has 5 rings (SSSR count). The predicted molar refractivity (Wildman–Crippen MR) is 146 cm³/mol. The smallest absolute Gasteiger partial charge is 0.324 e. The summed E-state index contributed by atoms with van der Waals surface area (Å²) >= 11 is 0. The molecule has 37 heavy (non-hydrogen) atoms. The van der Waals surface area contributed by atoms with Crippen LogP contribution in [-0.4, -0.2) is 24.1 Å². The Hall–Kier alpha value is -2.62. The quantitative estimate of drug-likeness (QED) is 0.197. The van der Waals surface area contributed by atoms with Gasteiger partial charge in [0.2, 0.25) is 0 Å². The minimum Gasteiger partial charge on any atom is -0.462 e. The Morgan fingerprint density at radius 2 is 1.16 bits per heavy atom. The van der Waals surface area contributed by atoms with Gasteiger partial charge >= 0.3 is 11.9 Å². The Labute approximate surface area is 222 Å². The maximum Gasteiger partial charge on any atom is 0.324 e. The van der Waals surface area contributed by atoms with E-state index in [4.69, 9.17) is 9.47 Å². The van der Waals surface area contributed by atoms with Gasteiger partial charge in [-0.05, 0) is 80.0 Å². The monoisotopic (exact) mass is 502 g/mol. The molecular weight excluding hydrogens is 460 g/mol. The van der Waals surface area contributed by atoms with Crippen molar-refractivity contribution >= 4 is 11.9 Å². The van der Waals surface area contributed by atoms with Gasteiger partial charge in [-0.3, -0.25) is 9.59 Å². The predicted octanol–water partition coefficient (Wildman–Crippen LogP) is 8.12. The maximum absolute atomic E-state index is 14.5. The number of carbonyl (C=O) groups excluding carboxylic acids is 2. The number of hydrogen-bond acceptors (Lipinski definition) is 4. The molecule has 0 spiro atoms. The molecule has 0 heterocycles. The first kappa shape index (κ1) is 26.0. The van der Waals surface area contributed by atoms with Crippen LogP contribution < -0.4 is 0 Å². The highest BCUT2D eigenvalue weighted by Gasteiger charge is 2.58. The van der Waals surface area contributed by atoms with E-state index in [0.717, 1.165) is 92.9 Å². The van der Waals surface area contributed by atoms with Crippen LogP contribution in [0.15, 0.2) is 48.5 Å². The molecule has 0 aromatic heterocycles. The van der Waals surface area contributed by atoms with Crippen molar-refractivity contribution < 1.29 is 19.1 Å². The van der Waals surface area contributed by atoms with Crippen molar-refractivity contribution in [2.45, 2.75) is 115 Å². The first-order valence-corrected chi connectivity index (χ1v) is 14.8. The summed E-state index contributed by atoms with van der Waals surface area (Å²) in [5.41, 5.74) is 2.92. The number of benzene rings is 2. The van der Waals surface area contributed by atoms with E-state index in [1.165, 1.54) is 12.8 Å². The van der Waals surface area contributed by atoms with E-state index in [2.05, 4.69) is 31.2 Å². The lowest BCUT2D eigenvalue weighted by Gasteiger charge is -2.38. The van der Waals surface area contributed by atoms with Gasteiger partial charge in [-0.25, -0.2) is 0 Å². The lowest BCUT2D eigenvalue weighted by molar-refractivity contribution is -0.182. The van der Waals surface area contributed by atoms with Crippen molar-refractivity contribution in [3.63, 3.8) is 0 Å². The molecule has 0 N–H and O–H groups in total. The van der Waals surface area contributed by atoms with Gasteiger partial charge in [-0.15, -0.1) is 0 Å². The van der Waals surface area contributed by atoms with E-state index < -0.39 is 11.3 Å². The van der Waals surface area contributed by atoms with E-state index in [1.54, 1.807) is 0 Å². The summed E-state index contributed by atoms with van der Waals surface area (Å²) in [6, 6.07) is 16.5. The molecule has 0 saturated heterocycles. The Morgan fingerprint density at radius 3 is 1.62 bits per heavy atom. The molecule has 198 valence electrons. The number of carbonyl (C=O) groups is 2. The van der Waals surface area contributed by atoms with Crippen LogP contribution in [0.2, 0.25) is 0 Å². The second-order valence-electron chi connectivity index (χ2n) is 11.4. The average Bonchev–Trinajstić information content (AvgIpc) is 3.27. The van der Waals surface area contributed by atoms with Crippen molar-refractivity contribution in [1.82, 2.24) is 0 Å². The molecule has 2 aromatic rings. The third-order valence-corrected chi connectivity index (χ3v) is 8.88. The number of hydrogen-bond donors (Lipinski definition) is 0. The Bertz CT molecular complexity index is 1000. The number of fused-ring (bicyclic) bond motifs is 3. The maximum atomic E-state index is 14.5. The molecule has 0 atom stereocenters. The summed E-state index contributed by atoms with van der Waals surface area (Å²) < 4.78 is 12.6. The molecular formula is C33H42O4. The van der Waals surface area contributed by atoms with Crippen LogP contribution in [-0.2, 0) is 19.1 Å². The normalized spacial score (nSPS) is 18.7. The lowest BCUT2D eigenvalue weighted by atomic mass is 9.67. The summed E-state index contributed by atoms with van der Waals surface area (Å²) in [5, 5.41) is 0.